The summed E-state index contributed by atoms with van der Waals surface area (Å²) in [5.74, 6) is 0. The first-order valence-electron chi connectivity index (χ1n) is 7.10. The molecule has 0 bridgehead atoms. The van der Waals surface area contributed by atoms with Crippen LogP contribution in [-0.4, -0.2) is 23.3 Å². The quantitative estimate of drug-likeness (QED) is 0.701. The summed E-state index contributed by atoms with van der Waals surface area (Å²) in [6, 6.07) is 0. The summed E-state index contributed by atoms with van der Waals surface area (Å²) in [5.41, 5.74) is 1.71. The Bertz CT molecular complexity index is 327. The molecule has 2 amide bonds. The van der Waals surface area contributed by atoms with Gasteiger partial charge in [-0.2, -0.15) is 0 Å². The van der Waals surface area contributed by atoms with Gasteiger partial charge in [0.2, 0.25) is 0 Å². The fourth-order valence-electron chi connectivity index (χ4n) is 1.31. The molecule has 20 heavy (non-hydrogen) atoms. The van der Waals surface area contributed by atoms with Crippen molar-refractivity contribution in [2.75, 3.05) is 0 Å². The summed E-state index contributed by atoms with van der Waals surface area (Å²) in [5, 5.41) is 2.01. The summed E-state index contributed by atoms with van der Waals surface area (Å²) in [4.78, 5) is 27.7. The van der Waals surface area contributed by atoms with Crippen LogP contribution in [0.25, 0.3) is 0 Å². The smallest absolute Gasteiger partial charge is 0.435 e. The monoisotopic (exact) mass is 288 g/mol. The molecule has 0 aromatic heterocycles. The zero-order valence-electron chi connectivity index (χ0n) is 13.5. The number of rotatable bonds is 7. The fourth-order valence-corrected chi connectivity index (χ4v) is 1.31. The molecule has 0 unspecified atom stereocenters. The molecule has 0 atom stereocenters. The van der Waals surface area contributed by atoms with E-state index in [1.807, 2.05) is 26.1 Å². The van der Waals surface area contributed by atoms with Gasteiger partial charge >= 0.3 is 12.2 Å². The van der Waals surface area contributed by atoms with E-state index in [0.29, 0.717) is 6.42 Å². The molecule has 0 aliphatic rings. The predicted octanol–water partition coefficient (Wildman–Crippen LogP) is 3.51. The van der Waals surface area contributed by atoms with Gasteiger partial charge in [0, 0.05) is 5.54 Å². The summed E-state index contributed by atoms with van der Waals surface area (Å²) in [6.07, 6.45) is 1.93. The summed E-state index contributed by atoms with van der Waals surface area (Å²) in [6.45, 7) is 11.4. The van der Waals surface area contributed by atoms with Crippen LogP contribution >= 0.6 is 0 Å². The Labute approximate surface area is 121 Å². The highest BCUT2D eigenvalue weighted by atomic mass is 16.7. The first-order chi connectivity index (χ1) is 9.12. The average molecular weight is 288 g/mol. The van der Waals surface area contributed by atoms with E-state index in [-0.39, 0.29) is 5.54 Å². The van der Waals surface area contributed by atoms with Crippen molar-refractivity contribution in [3.63, 3.8) is 0 Å². The number of ether oxygens (including phenoxy) is 1. The highest BCUT2D eigenvalue weighted by Gasteiger charge is 2.23. The van der Waals surface area contributed by atoms with Crippen molar-refractivity contribution < 1.29 is 19.2 Å². The third-order valence-corrected chi connectivity index (χ3v) is 3.00. The lowest BCUT2D eigenvalue weighted by Crippen LogP contribution is -2.45. The largest absolute Gasteiger partial charge is 0.443 e. The van der Waals surface area contributed by atoms with Crippen LogP contribution in [0.5, 0.6) is 0 Å². The maximum atomic E-state index is 11.5. The number of nitrogens with one attached hydrogen (secondary N) is 2. The van der Waals surface area contributed by atoms with Gasteiger partial charge in [-0.15, -0.1) is 5.48 Å². The topological polar surface area (TPSA) is 76.7 Å². The predicted molar refractivity (Wildman–Crippen MR) is 77.2 cm³/mol. The van der Waals surface area contributed by atoms with E-state index in [2.05, 4.69) is 12.4 Å². The minimum Gasteiger partial charge on any atom is -0.443 e. The van der Waals surface area contributed by atoms with Gasteiger partial charge in [-0.25, -0.2) is 14.9 Å². The van der Waals surface area contributed by atoms with E-state index < -0.39 is 17.8 Å². The Hall–Kier alpha value is -1.30. The van der Waals surface area contributed by atoms with Gasteiger partial charge in [0.05, 0.1) is 0 Å². The van der Waals surface area contributed by atoms with Gasteiger partial charge in [0.25, 0.3) is 0 Å². The number of unbranched alkanes of at least 4 members (excludes halogenated alkanes) is 1. The molecule has 0 spiro atoms. The van der Waals surface area contributed by atoms with E-state index >= 15 is 0 Å². The number of alkyl carbamates (subject to hydrolysis) is 1. The van der Waals surface area contributed by atoms with Gasteiger partial charge in [-0.1, -0.05) is 26.7 Å². The van der Waals surface area contributed by atoms with Crippen LogP contribution in [0.1, 0.15) is 67.2 Å². The Balaban J connectivity index is 4.08. The molecule has 0 aliphatic carbocycles. The van der Waals surface area contributed by atoms with Crippen molar-refractivity contribution in [3.8, 4) is 0 Å². The molecule has 0 radical (unpaired) electrons. The molecule has 6 nitrogen and oxygen atoms in total. The first kappa shape index (κ1) is 18.7. The molecule has 2 N–H and O–H groups in total. The number of amides is 2. The molecule has 0 heterocycles. The summed E-state index contributed by atoms with van der Waals surface area (Å²) >= 11 is 0. The molecule has 0 saturated heterocycles. The number of hydrogen-bond acceptors (Lipinski definition) is 5. The van der Waals surface area contributed by atoms with Crippen LogP contribution in [0, 0.1) is 0 Å². The van der Waals surface area contributed by atoms with Gasteiger partial charge < -0.3 is 9.57 Å². The number of imide groups is 1. The number of carbonyl (C=O) groups is 2. The third-order valence-electron chi connectivity index (χ3n) is 3.00. The maximum absolute atomic E-state index is 11.5. The van der Waals surface area contributed by atoms with E-state index in [9.17, 15) is 9.59 Å². The van der Waals surface area contributed by atoms with Crippen LogP contribution < -0.4 is 10.8 Å². The second-order valence-electron chi connectivity index (χ2n) is 6.11. The van der Waals surface area contributed by atoms with Crippen molar-refractivity contribution >= 4 is 12.2 Å². The van der Waals surface area contributed by atoms with Gasteiger partial charge in [-0.3, -0.25) is 0 Å². The minimum atomic E-state index is -0.869. The van der Waals surface area contributed by atoms with E-state index in [0.717, 1.165) is 19.3 Å². The van der Waals surface area contributed by atoms with E-state index in [1.54, 1.807) is 13.8 Å². The van der Waals surface area contributed by atoms with Gasteiger partial charge in [0.15, 0.2) is 0 Å². The number of hydroxylamine groups is 1. The lowest BCUT2D eigenvalue weighted by atomic mass is 9.99. The van der Waals surface area contributed by atoms with Crippen molar-refractivity contribution in [1.29, 1.82) is 0 Å². The zero-order chi connectivity index (χ0) is 15.8. The Morgan fingerprint density at radius 3 is 2.15 bits per heavy atom. The molecular weight excluding hydrogens is 260 g/mol. The Kier molecular flexibility index (Phi) is 7.57. The lowest BCUT2D eigenvalue weighted by Gasteiger charge is -2.25. The van der Waals surface area contributed by atoms with Crippen LogP contribution in [0.15, 0.2) is 0 Å². The van der Waals surface area contributed by atoms with E-state index in [4.69, 9.17) is 9.57 Å². The number of carbonyl (C=O) groups excluding carboxylic acids is 2. The minimum absolute atomic E-state index is 0.333. The molecule has 0 aromatic carbocycles. The Morgan fingerprint density at radius 2 is 1.65 bits per heavy atom. The van der Waals surface area contributed by atoms with E-state index in [1.165, 1.54) is 0 Å². The number of hydrogen-bond donors (Lipinski definition) is 2. The zero-order valence-corrected chi connectivity index (χ0v) is 13.5. The second kappa shape index (κ2) is 8.09. The van der Waals surface area contributed by atoms with Gasteiger partial charge in [0.1, 0.15) is 5.60 Å². The molecule has 118 valence electrons. The van der Waals surface area contributed by atoms with Crippen LogP contribution in [0.4, 0.5) is 9.59 Å². The normalized spacial score (nSPS) is 11.9. The Morgan fingerprint density at radius 1 is 1.05 bits per heavy atom. The molecule has 0 aliphatic heterocycles. The van der Waals surface area contributed by atoms with Crippen molar-refractivity contribution in [3.05, 3.63) is 0 Å². The molecule has 0 saturated carbocycles. The summed E-state index contributed by atoms with van der Waals surface area (Å²) < 4.78 is 5.08. The molecule has 6 heteroatoms. The van der Waals surface area contributed by atoms with Crippen LogP contribution in [0.2, 0.25) is 0 Å². The van der Waals surface area contributed by atoms with Gasteiger partial charge in [-0.05, 0) is 40.5 Å². The lowest BCUT2D eigenvalue weighted by molar-refractivity contribution is 0.0204. The first-order valence-corrected chi connectivity index (χ1v) is 7.10. The van der Waals surface area contributed by atoms with Crippen LogP contribution in [-0.2, 0) is 9.57 Å². The molecule has 0 aromatic rings. The molecular formula is C14H28N2O4. The maximum Gasteiger partial charge on any atom is 0.435 e. The second-order valence-corrected chi connectivity index (χ2v) is 6.11. The highest BCUT2D eigenvalue weighted by Crippen LogP contribution is 2.14. The highest BCUT2D eigenvalue weighted by molar-refractivity contribution is 5.87. The summed E-state index contributed by atoms with van der Waals surface area (Å²) in [7, 11) is 0. The van der Waals surface area contributed by atoms with Crippen LogP contribution in [0.3, 0.4) is 0 Å². The van der Waals surface area contributed by atoms with Crippen molar-refractivity contribution in [2.45, 2.75) is 78.4 Å². The third kappa shape index (κ3) is 8.74. The van der Waals surface area contributed by atoms with Crippen molar-refractivity contribution in [2.24, 2.45) is 0 Å². The fraction of sp³-hybridized carbons (Fsp3) is 0.857. The molecule has 0 rings (SSSR count). The standard InChI is InChI=1S/C14H28N2O4/c1-7-9-10-13(3,4)16-20-12(18)15-11(17)19-14(5,6)8-2/h16H,7-10H2,1-6H3,(H,15,17,18). The van der Waals surface area contributed by atoms with Crippen molar-refractivity contribution in [1.82, 2.24) is 10.8 Å². The average Bonchev–Trinajstić information content (AvgIpc) is 2.33. The SMILES string of the molecule is CCCCC(C)(C)NOC(=O)NC(=O)OC(C)(C)CC. The molecule has 0 fully saturated rings.